The Balaban J connectivity index is 1.45. The molecule has 1 saturated heterocycles. The fourth-order valence-corrected chi connectivity index (χ4v) is 4.18. The molecule has 28 heavy (non-hydrogen) atoms. The lowest BCUT2D eigenvalue weighted by Gasteiger charge is -2.15. The zero-order valence-corrected chi connectivity index (χ0v) is 18.4. The van der Waals surface area contributed by atoms with Crippen molar-refractivity contribution >= 4 is 17.3 Å². The Morgan fingerprint density at radius 2 is 1.71 bits per heavy atom. The first kappa shape index (κ1) is 20.8. The first-order chi connectivity index (χ1) is 13.4. The van der Waals surface area contributed by atoms with Gasteiger partial charge in [-0.3, -0.25) is 9.89 Å². The Morgan fingerprint density at radius 1 is 1.07 bits per heavy atom. The highest BCUT2D eigenvalue weighted by Crippen LogP contribution is 2.25. The number of thiazole rings is 1. The second-order valence-corrected chi connectivity index (χ2v) is 9.33. The van der Waals surface area contributed by atoms with E-state index in [2.05, 4.69) is 70.9 Å². The highest BCUT2D eigenvalue weighted by atomic mass is 32.1. The fraction of sp³-hybridized carbons (Fsp3) is 0.545. The Bertz CT molecular complexity index is 767. The second-order valence-electron chi connectivity index (χ2n) is 8.47. The summed E-state index contributed by atoms with van der Waals surface area (Å²) in [7, 11) is 1.80. The zero-order valence-electron chi connectivity index (χ0n) is 17.6. The van der Waals surface area contributed by atoms with Crippen LogP contribution in [-0.4, -0.2) is 36.0 Å². The number of guanidine groups is 1. The third-order valence-electron chi connectivity index (χ3n) is 4.94. The van der Waals surface area contributed by atoms with E-state index in [4.69, 9.17) is 4.98 Å². The number of hydrogen-bond acceptors (Lipinski definition) is 4. The van der Waals surface area contributed by atoms with Crippen LogP contribution in [0.3, 0.4) is 0 Å². The van der Waals surface area contributed by atoms with Crippen molar-refractivity contribution < 1.29 is 0 Å². The van der Waals surface area contributed by atoms with E-state index in [-0.39, 0.29) is 5.41 Å². The number of likely N-dealkylation sites (tertiary alicyclic amines) is 1. The highest BCUT2D eigenvalue weighted by Gasteiger charge is 2.18. The summed E-state index contributed by atoms with van der Waals surface area (Å²) in [6.45, 7) is 11.6. The van der Waals surface area contributed by atoms with E-state index >= 15 is 0 Å². The van der Waals surface area contributed by atoms with Gasteiger partial charge < -0.3 is 10.6 Å². The molecule has 2 aromatic rings. The van der Waals surface area contributed by atoms with Crippen molar-refractivity contribution in [2.75, 3.05) is 20.1 Å². The molecule has 3 rings (SSSR count). The topological polar surface area (TPSA) is 52.6 Å². The SMILES string of the molecule is CN=C(NCc1ccc(CN2CCCC2)cc1)NCc1csc(C(C)(C)C)n1. The molecule has 0 unspecified atom stereocenters. The molecule has 2 heterocycles. The minimum Gasteiger partial charge on any atom is -0.352 e. The normalized spacial score (nSPS) is 15.8. The summed E-state index contributed by atoms with van der Waals surface area (Å²) >= 11 is 1.72. The molecule has 6 heteroatoms. The molecular formula is C22H33N5S. The molecule has 2 N–H and O–H groups in total. The van der Waals surface area contributed by atoms with Gasteiger partial charge in [0.1, 0.15) is 0 Å². The Kier molecular flexibility index (Phi) is 7.08. The van der Waals surface area contributed by atoms with Crippen LogP contribution >= 0.6 is 11.3 Å². The summed E-state index contributed by atoms with van der Waals surface area (Å²) < 4.78 is 0. The van der Waals surface area contributed by atoms with Gasteiger partial charge in [0.05, 0.1) is 17.2 Å². The van der Waals surface area contributed by atoms with E-state index in [9.17, 15) is 0 Å². The van der Waals surface area contributed by atoms with Crippen LogP contribution in [-0.2, 0) is 25.0 Å². The number of nitrogens with zero attached hydrogens (tertiary/aromatic N) is 3. The smallest absolute Gasteiger partial charge is 0.191 e. The predicted molar refractivity (Wildman–Crippen MR) is 119 cm³/mol. The van der Waals surface area contributed by atoms with Crippen molar-refractivity contribution in [3.63, 3.8) is 0 Å². The van der Waals surface area contributed by atoms with Crippen LogP contribution in [0, 0.1) is 0 Å². The molecule has 1 aliphatic rings. The number of benzene rings is 1. The lowest BCUT2D eigenvalue weighted by molar-refractivity contribution is 0.331. The van der Waals surface area contributed by atoms with Gasteiger partial charge in [0.2, 0.25) is 0 Å². The third kappa shape index (κ3) is 6.04. The number of rotatable bonds is 6. The quantitative estimate of drug-likeness (QED) is 0.571. The maximum absolute atomic E-state index is 4.73. The van der Waals surface area contributed by atoms with Crippen molar-refractivity contribution in [1.29, 1.82) is 0 Å². The van der Waals surface area contributed by atoms with Crippen molar-refractivity contribution in [1.82, 2.24) is 20.5 Å². The first-order valence-electron chi connectivity index (χ1n) is 10.1. The molecule has 1 aromatic heterocycles. The van der Waals surface area contributed by atoms with Gasteiger partial charge in [-0.15, -0.1) is 11.3 Å². The van der Waals surface area contributed by atoms with Crippen LogP contribution in [0.2, 0.25) is 0 Å². The number of hydrogen-bond donors (Lipinski definition) is 2. The fourth-order valence-electron chi connectivity index (χ4n) is 3.27. The van der Waals surface area contributed by atoms with Gasteiger partial charge in [-0.25, -0.2) is 4.98 Å². The molecule has 0 atom stereocenters. The zero-order chi connectivity index (χ0) is 20.0. The van der Waals surface area contributed by atoms with Crippen molar-refractivity contribution in [2.24, 2.45) is 4.99 Å². The van der Waals surface area contributed by atoms with E-state index in [1.165, 1.54) is 42.1 Å². The first-order valence-corrected chi connectivity index (χ1v) is 11.0. The van der Waals surface area contributed by atoms with Gasteiger partial charge in [-0.2, -0.15) is 0 Å². The Morgan fingerprint density at radius 3 is 2.32 bits per heavy atom. The monoisotopic (exact) mass is 399 g/mol. The van der Waals surface area contributed by atoms with Gasteiger partial charge in [0, 0.05) is 30.9 Å². The van der Waals surface area contributed by atoms with E-state index in [1.807, 2.05) is 0 Å². The van der Waals surface area contributed by atoms with Crippen LogP contribution in [0.15, 0.2) is 34.6 Å². The van der Waals surface area contributed by atoms with Crippen LogP contribution < -0.4 is 10.6 Å². The maximum Gasteiger partial charge on any atom is 0.191 e. The number of nitrogens with one attached hydrogen (secondary N) is 2. The van der Waals surface area contributed by atoms with Gasteiger partial charge in [0.25, 0.3) is 0 Å². The molecular weight excluding hydrogens is 366 g/mol. The molecule has 0 spiro atoms. The minimum atomic E-state index is 0.101. The van der Waals surface area contributed by atoms with Crippen molar-refractivity contribution in [3.05, 3.63) is 51.5 Å². The van der Waals surface area contributed by atoms with Gasteiger partial charge >= 0.3 is 0 Å². The molecule has 1 fully saturated rings. The minimum absolute atomic E-state index is 0.101. The summed E-state index contributed by atoms with van der Waals surface area (Å²) in [6, 6.07) is 8.91. The van der Waals surface area contributed by atoms with Gasteiger partial charge in [-0.05, 0) is 37.1 Å². The third-order valence-corrected chi connectivity index (χ3v) is 6.26. The van der Waals surface area contributed by atoms with Crippen LogP contribution in [0.1, 0.15) is 55.4 Å². The average molecular weight is 400 g/mol. The van der Waals surface area contributed by atoms with Crippen molar-refractivity contribution in [2.45, 2.75) is 58.7 Å². The van der Waals surface area contributed by atoms with Crippen LogP contribution in [0.5, 0.6) is 0 Å². The van der Waals surface area contributed by atoms with Crippen LogP contribution in [0.4, 0.5) is 0 Å². The van der Waals surface area contributed by atoms with Crippen molar-refractivity contribution in [3.8, 4) is 0 Å². The molecule has 1 aromatic carbocycles. The largest absolute Gasteiger partial charge is 0.352 e. The Labute approximate surface area is 173 Å². The molecule has 0 radical (unpaired) electrons. The van der Waals surface area contributed by atoms with E-state index in [1.54, 1.807) is 18.4 Å². The molecule has 1 aliphatic heterocycles. The van der Waals surface area contributed by atoms with Gasteiger partial charge in [0.15, 0.2) is 5.96 Å². The second kappa shape index (κ2) is 9.52. The maximum atomic E-state index is 4.73. The summed E-state index contributed by atoms with van der Waals surface area (Å²) in [5.74, 6) is 0.798. The summed E-state index contributed by atoms with van der Waals surface area (Å²) in [5, 5.41) is 10.0. The van der Waals surface area contributed by atoms with Crippen LogP contribution in [0.25, 0.3) is 0 Å². The molecule has 0 aliphatic carbocycles. The summed E-state index contributed by atoms with van der Waals surface area (Å²) in [4.78, 5) is 11.6. The van der Waals surface area contributed by atoms with Gasteiger partial charge in [-0.1, -0.05) is 45.0 Å². The molecule has 0 saturated carbocycles. The van der Waals surface area contributed by atoms with E-state index in [0.29, 0.717) is 6.54 Å². The van der Waals surface area contributed by atoms with E-state index in [0.717, 1.165) is 24.7 Å². The Hall–Kier alpha value is -1.92. The number of aromatic nitrogens is 1. The lowest BCUT2D eigenvalue weighted by Crippen LogP contribution is -2.36. The lowest BCUT2D eigenvalue weighted by atomic mass is 9.98. The highest BCUT2D eigenvalue weighted by molar-refractivity contribution is 7.09. The molecule has 152 valence electrons. The molecule has 5 nitrogen and oxygen atoms in total. The molecule has 0 bridgehead atoms. The standard InChI is InChI=1S/C22H33N5S/c1-22(2,3)20-26-19(16-28-20)14-25-21(23-4)24-13-17-7-9-18(10-8-17)15-27-11-5-6-12-27/h7-10,16H,5-6,11-15H2,1-4H3,(H2,23,24,25). The number of aliphatic imine (C=N–C) groups is 1. The average Bonchev–Trinajstić information content (AvgIpc) is 3.35. The molecule has 0 amide bonds. The summed E-state index contributed by atoms with van der Waals surface area (Å²) in [5.41, 5.74) is 3.82. The predicted octanol–water partition coefficient (Wildman–Crippen LogP) is 3.90. The van der Waals surface area contributed by atoms with E-state index < -0.39 is 0 Å². The summed E-state index contributed by atoms with van der Waals surface area (Å²) in [6.07, 6.45) is 2.68.